The Bertz CT molecular complexity index is 2180. The van der Waals surface area contributed by atoms with Crippen molar-refractivity contribution in [3.8, 4) is 22.5 Å². The van der Waals surface area contributed by atoms with Crippen molar-refractivity contribution in [1.29, 1.82) is 0 Å². The summed E-state index contributed by atoms with van der Waals surface area (Å²) in [5.41, 5.74) is 12.8. The second kappa shape index (κ2) is 9.36. The molecule has 7 aromatic rings. The van der Waals surface area contributed by atoms with Gasteiger partial charge in [-0.2, -0.15) is 0 Å². The lowest BCUT2D eigenvalue weighted by Gasteiger charge is -2.19. The average Bonchev–Trinajstić information content (AvgIpc) is 3.53. The van der Waals surface area contributed by atoms with E-state index in [0.717, 1.165) is 12.8 Å². The molecule has 2 heteroatoms. The van der Waals surface area contributed by atoms with Crippen molar-refractivity contribution < 1.29 is 0 Å². The molecule has 0 atom stereocenters. The van der Waals surface area contributed by atoms with Gasteiger partial charge in [0.05, 0.1) is 16.6 Å². The zero-order chi connectivity index (χ0) is 28.4. The minimum absolute atomic E-state index is 0.0996. The number of nitrogens with zero attached hydrogens (tertiary/aromatic N) is 2. The molecule has 2 aromatic heterocycles. The first-order valence-corrected chi connectivity index (χ1v) is 15.0. The number of aromatic nitrogens is 2. The summed E-state index contributed by atoms with van der Waals surface area (Å²) < 4.78 is 4.86. The quantitative estimate of drug-likeness (QED) is 0.210. The SMILES string of the molecule is CC(C)(C)c1ccc2c(c1)c1ccccc1n2-c1cccc(-c2cccc(-n3c4c(c5ccccc53)CCC=C4)c2)c1. The number of aryl methyl sites for hydroxylation is 1. The van der Waals surface area contributed by atoms with Gasteiger partial charge in [0.25, 0.3) is 0 Å². The van der Waals surface area contributed by atoms with Crippen LogP contribution < -0.4 is 0 Å². The van der Waals surface area contributed by atoms with E-state index in [4.69, 9.17) is 0 Å². The van der Waals surface area contributed by atoms with E-state index in [2.05, 4.69) is 157 Å². The largest absolute Gasteiger partial charge is 0.310 e. The van der Waals surface area contributed by atoms with Gasteiger partial charge in [-0.15, -0.1) is 0 Å². The molecule has 1 aliphatic carbocycles. The summed E-state index contributed by atoms with van der Waals surface area (Å²) in [7, 11) is 0. The second-order valence-corrected chi connectivity index (χ2v) is 12.6. The third kappa shape index (κ3) is 3.86. The molecule has 0 N–H and O–H groups in total. The monoisotopic (exact) mass is 542 g/mol. The number of benzene rings is 5. The average molecular weight is 543 g/mol. The predicted octanol–water partition coefficient (Wildman–Crippen LogP) is 10.7. The van der Waals surface area contributed by atoms with Crippen LogP contribution in [0.1, 0.15) is 44.0 Å². The van der Waals surface area contributed by atoms with Gasteiger partial charge >= 0.3 is 0 Å². The van der Waals surface area contributed by atoms with Gasteiger partial charge < -0.3 is 9.13 Å². The smallest absolute Gasteiger partial charge is 0.0541 e. The van der Waals surface area contributed by atoms with Gasteiger partial charge in [0.1, 0.15) is 0 Å². The number of allylic oxidation sites excluding steroid dienone is 1. The Hall–Kier alpha value is -4.82. The minimum Gasteiger partial charge on any atom is -0.310 e. The number of fused-ring (bicyclic) bond motifs is 6. The summed E-state index contributed by atoms with van der Waals surface area (Å²) in [6, 6.07) is 42.6. The van der Waals surface area contributed by atoms with E-state index in [9.17, 15) is 0 Å². The summed E-state index contributed by atoms with van der Waals surface area (Å²) in [6.07, 6.45) is 6.81. The number of rotatable bonds is 3. The summed E-state index contributed by atoms with van der Waals surface area (Å²) >= 11 is 0. The van der Waals surface area contributed by atoms with E-state index in [0.29, 0.717) is 0 Å². The molecule has 0 amide bonds. The fourth-order valence-electron chi connectivity index (χ4n) is 6.83. The molecule has 0 aliphatic heterocycles. The normalized spacial score (nSPS) is 13.3. The molecule has 2 nitrogen and oxygen atoms in total. The van der Waals surface area contributed by atoms with E-state index >= 15 is 0 Å². The van der Waals surface area contributed by atoms with Crippen molar-refractivity contribution in [3.63, 3.8) is 0 Å². The Morgan fingerprint density at radius 2 is 1.17 bits per heavy atom. The Labute approximate surface area is 247 Å². The molecule has 0 fully saturated rings. The van der Waals surface area contributed by atoms with Crippen molar-refractivity contribution in [3.05, 3.63) is 138 Å². The van der Waals surface area contributed by atoms with Crippen molar-refractivity contribution in [2.45, 2.75) is 39.0 Å². The Morgan fingerprint density at radius 1 is 0.548 bits per heavy atom. The third-order valence-corrected chi connectivity index (χ3v) is 8.94. The summed E-state index contributed by atoms with van der Waals surface area (Å²) in [5.74, 6) is 0. The third-order valence-electron chi connectivity index (χ3n) is 8.94. The molecular formula is C40H34N2. The highest BCUT2D eigenvalue weighted by Gasteiger charge is 2.20. The predicted molar refractivity (Wildman–Crippen MR) is 179 cm³/mol. The molecule has 0 unspecified atom stereocenters. The highest BCUT2D eigenvalue weighted by molar-refractivity contribution is 6.09. The number of para-hydroxylation sites is 2. The van der Waals surface area contributed by atoms with E-state index in [-0.39, 0.29) is 5.41 Å². The molecule has 5 aromatic carbocycles. The summed E-state index contributed by atoms with van der Waals surface area (Å²) in [5, 5.41) is 3.97. The zero-order valence-electron chi connectivity index (χ0n) is 24.4. The van der Waals surface area contributed by atoms with Crippen LogP contribution in [0.15, 0.2) is 121 Å². The Balaban J connectivity index is 1.28. The van der Waals surface area contributed by atoms with Crippen LogP contribution in [0.25, 0.3) is 61.3 Å². The second-order valence-electron chi connectivity index (χ2n) is 12.6. The van der Waals surface area contributed by atoms with Gasteiger partial charge in [-0.3, -0.25) is 0 Å². The molecule has 2 heterocycles. The molecule has 0 saturated carbocycles. The topological polar surface area (TPSA) is 9.86 Å². The fraction of sp³-hybridized carbons (Fsp3) is 0.150. The van der Waals surface area contributed by atoms with Crippen LogP contribution in [0, 0.1) is 0 Å². The van der Waals surface area contributed by atoms with Crippen molar-refractivity contribution in [1.82, 2.24) is 9.13 Å². The van der Waals surface area contributed by atoms with Crippen LogP contribution in [0.2, 0.25) is 0 Å². The van der Waals surface area contributed by atoms with Crippen molar-refractivity contribution in [2.75, 3.05) is 0 Å². The highest BCUT2D eigenvalue weighted by atomic mass is 15.0. The first-order chi connectivity index (χ1) is 20.5. The standard InChI is InChI=1S/C40H34N2/c1-40(2,3)29-22-23-39-35(26-29)34-18-6-9-21-38(34)42(39)31-15-11-13-28(25-31)27-12-10-14-30(24-27)41-36-19-7-4-16-32(36)33-17-5-8-20-37(33)41/h4,6-16,18-26H,5,17H2,1-3H3. The van der Waals surface area contributed by atoms with Crippen LogP contribution in [-0.4, -0.2) is 9.13 Å². The van der Waals surface area contributed by atoms with Gasteiger partial charge in [-0.1, -0.05) is 93.6 Å². The molecular weight excluding hydrogens is 508 g/mol. The van der Waals surface area contributed by atoms with E-state index in [1.54, 1.807) is 0 Å². The maximum atomic E-state index is 2.44. The van der Waals surface area contributed by atoms with Crippen LogP contribution in [-0.2, 0) is 11.8 Å². The molecule has 1 aliphatic rings. The van der Waals surface area contributed by atoms with E-state index in [1.807, 2.05) is 0 Å². The van der Waals surface area contributed by atoms with Crippen LogP contribution in [0.3, 0.4) is 0 Å². The molecule has 0 radical (unpaired) electrons. The van der Waals surface area contributed by atoms with E-state index in [1.165, 1.54) is 72.0 Å². The van der Waals surface area contributed by atoms with Crippen molar-refractivity contribution >= 4 is 38.8 Å². The molecule has 0 bridgehead atoms. The number of hydrogen-bond acceptors (Lipinski definition) is 0. The molecule has 8 rings (SSSR count). The Morgan fingerprint density at radius 3 is 1.88 bits per heavy atom. The zero-order valence-corrected chi connectivity index (χ0v) is 24.4. The first-order valence-electron chi connectivity index (χ1n) is 15.0. The van der Waals surface area contributed by atoms with E-state index < -0.39 is 0 Å². The van der Waals surface area contributed by atoms with Gasteiger partial charge in [0, 0.05) is 33.2 Å². The van der Waals surface area contributed by atoms with Crippen LogP contribution in [0.4, 0.5) is 0 Å². The van der Waals surface area contributed by atoms with Gasteiger partial charge in [-0.25, -0.2) is 0 Å². The fourth-order valence-corrected chi connectivity index (χ4v) is 6.83. The maximum Gasteiger partial charge on any atom is 0.0541 e. The van der Waals surface area contributed by atoms with Crippen LogP contribution in [0.5, 0.6) is 0 Å². The lowest BCUT2D eigenvalue weighted by Crippen LogP contribution is -2.10. The summed E-state index contributed by atoms with van der Waals surface area (Å²) in [6.45, 7) is 6.86. The van der Waals surface area contributed by atoms with Crippen molar-refractivity contribution in [2.24, 2.45) is 0 Å². The Kier molecular flexibility index (Phi) is 5.55. The summed E-state index contributed by atoms with van der Waals surface area (Å²) in [4.78, 5) is 0. The maximum absolute atomic E-state index is 2.44. The van der Waals surface area contributed by atoms with Crippen LogP contribution >= 0.6 is 0 Å². The van der Waals surface area contributed by atoms with Gasteiger partial charge in [0.2, 0.25) is 0 Å². The first kappa shape index (κ1) is 24.9. The number of hydrogen-bond donors (Lipinski definition) is 0. The molecule has 0 saturated heterocycles. The lowest BCUT2D eigenvalue weighted by atomic mass is 9.86. The van der Waals surface area contributed by atoms with Gasteiger partial charge in [-0.05, 0) is 95.1 Å². The molecule has 42 heavy (non-hydrogen) atoms. The molecule has 0 spiro atoms. The lowest BCUT2D eigenvalue weighted by molar-refractivity contribution is 0.591. The van der Waals surface area contributed by atoms with Gasteiger partial charge in [0.15, 0.2) is 0 Å². The molecule has 204 valence electrons. The minimum atomic E-state index is 0.0996. The highest BCUT2D eigenvalue weighted by Crippen LogP contribution is 2.37.